The van der Waals surface area contributed by atoms with Crippen LogP contribution < -0.4 is 15.4 Å². The number of anilines is 4. The lowest BCUT2D eigenvalue weighted by atomic mass is 10.1. The number of aryl methyl sites for hydroxylation is 2. The maximum atomic E-state index is 13.0. The van der Waals surface area contributed by atoms with E-state index in [4.69, 9.17) is 0 Å². The molecule has 0 spiro atoms. The number of nitro benzene ring substituents is 2. The number of nitrogens with one attached hydrogen (secondary N) is 3. The molecule has 1 aromatic heterocycles. The van der Waals surface area contributed by atoms with E-state index >= 15 is 0 Å². The van der Waals surface area contributed by atoms with Crippen molar-refractivity contribution in [2.75, 3.05) is 15.4 Å². The van der Waals surface area contributed by atoms with Crippen LogP contribution in [0.25, 0.3) is 11.3 Å². The fourth-order valence-corrected chi connectivity index (χ4v) is 6.00. The van der Waals surface area contributed by atoms with Crippen molar-refractivity contribution in [1.82, 2.24) is 4.98 Å². The molecular formula is C30H24N6O6S2. The Morgan fingerprint density at radius 2 is 1.55 bits per heavy atom. The van der Waals surface area contributed by atoms with Crippen molar-refractivity contribution >= 4 is 61.8 Å². The van der Waals surface area contributed by atoms with Gasteiger partial charge in [-0.3, -0.25) is 29.7 Å². The quantitative estimate of drug-likeness (QED) is 0.106. The Balaban J connectivity index is 1.32. The van der Waals surface area contributed by atoms with Crippen molar-refractivity contribution in [3.05, 3.63) is 127 Å². The third-order valence-corrected chi connectivity index (χ3v) is 8.44. The molecule has 14 heteroatoms. The molecule has 0 aliphatic rings. The summed E-state index contributed by atoms with van der Waals surface area (Å²) < 4.78 is 15.7. The Morgan fingerprint density at radius 1 is 0.886 bits per heavy atom. The number of thiazole rings is 1. The highest BCUT2D eigenvalue weighted by molar-refractivity contribution is 7.86. The maximum Gasteiger partial charge on any atom is 0.300 e. The Bertz CT molecular complexity index is 1880. The molecule has 0 saturated carbocycles. The molecule has 3 N–H and O–H groups in total. The number of carbonyl (C=O) groups excluding carboxylic acids is 1. The molecule has 1 heterocycles. The normalized spacial score (nSPS) is 11.4. The van der Waals surface area contributed by atoms with Gasteiger partial charge in [-0.2, -0.15) is 0 Å². The first kappa shape index (κ1) is 30.0. The molecule has 44 heavy (non-hydrogen) atoms. The van der Waals surface area contributed by atoms with Crippen molar-refractivity contribution in [2.45, 2.75) is 18.7 Å². The summed E-state index contributed by atoms with van der Waals surface area (Å²) in [4.78, 5) is 40.2. The van der Waals surface area contributed by atoms with Gasteiger partial charge in [-0.25, -0.2) is 9.19 Å². The van der Waals surface area contributed by atoms with Crippen molar-refractivity contribution < 1.29 is 18.9 Å². The molecule has 0 fully saturated rings. The van der Waals surface area contributed by atoms with E-state index in [-0.39, 0.29) is 11.3 Å². The number of hydrogen-bond acceptors (Lipinski definition) is 9. The summed E-state index contributed by atoms with van der Waals surface area (Å²) >= 11 is 1.31. The lowest BCUT2D eigenvalue weighted by Crippen LogP contribution is -2.14. The summed E-state index contributed by atoms with van der Waals surface area (Å²) in [6.07, 6.45) is 0. The molecule has 5 rings (SSSR count). The van der Waals surface area contributed by atoms with E-state index in [1.165, 1.54) is 35.6 Å². The summed E-state index contributed by atoms with van der Waals surface area (Å²) in [6.45, 7) is 3.65. The van der Waals surface area contributed by atoms with Gasteiger partial charge in [-0.1, -0.05) is 48.0 Å². The Hall–Kier alpha value is -5.47. The zero-order valence-electron chi connectivity index (χ0n) is 23.3. The largest absolute Gasteiger partial charge is 0.344 e. The average molecular weight is 629 g/mol. The molecule has 4 aromatic carbocycles. The number of aromatic nitrogens is 1. The van der Waals surface area contributed by atoms with Crippen LogP contribution in [0.4, 0.5) is 33.6 Å². The molecule has 0 bridgehead atoms. The molecule has 222 valence electrons. The van der Waals surface area contributed by atoms with Gasteiger partial charge in [0.2, 0.25) is 0 Å². The van der Waals surface area contributed by atoms with E-state index in [0.29, 0.717) is 21.4 Å². The first-order valence-electron chi connectivity index (χ1n) is 13.0. The van der Waals surface area contributed by atoms with Crippen LogP contribution in [0.5, 0.6) is 0 Å². The van der Waals surface area contributed by atoms with Gasteiger partial charge in [0.05, 0.1) is 26.0 Å². The van der Waals surface area contributed by atoms with Crippen molar-refractivity contribution in [3.63, 3.8) is 0 Å². The number of nitro groups is 2. The molecule has 12 nitrogen and oxygen atoms in total. The van der Waals surface area contributed by atoms with Crippen LogP contribution in [-0.4, -0.2) is 24.9 Å². The fraction of sp³-hybridized carbons (Fsp3) is 0.0667. The summed E-state index contributed by atoms with van der Waals surface area (Å²) in [5, 5.41) is 31.6. The van der Waals surface area contributed by atoms with Crippen LogP contribution in [0.2, 0.25) is 0 Å². The van der Waals surface area contributed by atoms with Crippen molar-refractivity contribution in [3.8, 4) is 11.3 Å². The molecule has 1 unspecified atom stereocenters. The minimum absolute atomic E-state index is 0.276. The predicted octanol–water partition coefficient (Wildman–Crippen LogP) is 7.37. The number of nitrogens with zero attached hydrogens (tertiary/aromatic N) is 3. The minimum Gasteiger partial charge on any atom is -0.344 e. The van der Waals surface area contributed by atoms with Crippen LogP contribution in [0, 0.1) is 34.1 Å². The van der Waals surface area contributed by atoms with Crippen molar-refractivity contribution in [2.24, 2.45) is 0 Å². The number of benzene rings is 4. The third kappa shape index (κ3) is 6.77. The zero-order valence-corrected chi connectivity index (χ0v) is 24.9. The topological polar surface area (TPSA) is 169 Å². The first-order chi connectivity index (χ1) is 21.1. The van der Waals surface area contributed by atoms with Crippen LogP contribution in [-0.2, 0) is 11.0 Å². The number of amides is 1. The molecule has 5 aromatic rings. The number of carbonyl (C=O) groups is 1. The van der Waals surface area contributed by atoms with E-state index < -0.39 is 38.1 Å². The predicted molar refractivity (Wildman–Crippen MR) is 171 cm³/mol. The van der Waals surface area contributed by atoms with Gasteiger partial charge in [0.25, 0.3) is 5.91 Å². The van der Waals surface area contributed by atoms with E-state index in [9.17, 15) is 29.2 Å². The molecule has 0 saturated heterocycles. The van der Waals surface area contributed by atoms with Crippen LogP contribution in [0.15, 0.2) is 95.2 Å². The van der Waals surface area contributed by atoms with Crippen LogP contribution in [0.1, 0.15) is 21.5 Å². The van der Waals surface area contributed by atoms with E-state index in [0.717, 1.165) is 34.5 Å². The van der Waals surface area contributed by atoms with E-state index in [1.807, 2.05) is 48.7 Å². The molecule has 0 aliphatic heterocycles. The summed E-state index contributed by atoms with van der Waals surface area (Å²) in [5.41, 5.74) is 2.26. The Kier molecular flexibility index (Phi) is 8.73. The van der Waals surface area contributed by atoms with Gasteiger partial charge in [-0.05, 0) is 49.7 Å². The zero-order chi connectivity index (χ0) is 31.4. The second-order valence-corrected chi connectivity index (χ2v) is 11.7. The smallest absolute Gasteiger partial charge is 0.300 e. The van der Waals surface area contributed by atoms with Crippen molar-refractivity contribution in [1.29, 1.82) is 0 Å². The maximum absolute atomic E-state index is 13.0. The lowest BCUT2D eigenvalue weighted by Gasteiger charge is -2.12. The highest BCUT2D eigenvalue weighted by Crippen LogP contribution is 2.39. The van der Waals surface area contributed by atoms with E-state index in [2.05, 4.69) is 20.3 Å². The average Bonchev–Trinajstić information content (AvgIpc) is 3.47. The second-order valence-electron chi connectivity index (χ2n) is 9.60. The summed E-state index contributed by atoms with van der Waals surface area (Å²) in [7, 11) is -1.65. The van der Waals surface area contributed by atoms with Gasteiger partial charge in [0, 0.05) is 34.5 Å². The lowest BCUT2D eigenvalue weighted by molar-refractivity contribution is -0.392. The first-order valence-corrected chi connectivity index (χ1v) is 15.0. The van der Waals surface area contributed by atoms with Gasteiger partial charge in [-0.15, -0.1) is 11.3 Å². The third-order valence-electron chi connectivity index (χ3n) is 6.47. The van der Waals surface area contributed by atoms with Gasteiger partial charge < -0.3 is 10.6 Å². The van der Waals surface area contributed by atoms with Crippen LogP contribution >= 0.6 is 11.3 Å². The summed E-state index contributed by atoms with van der Waals surface area (Å²) in [6, 6.07) is 22.9. The number of rotatable bonds is 10. The van der Waals surface area contributed by atoms with Crippen LogP contribution in [0.3, 0.4) is 0 Å². The number of hydrogen-bond donors (Lipinski definition) is 3. The summed E-state index contributed by atoms with van der Waals surface area (Å²) in [5.74, 6) is -0.794. The van der Waals surface area contributed by atoms with Gasteiger partial charge >= 0.3 is 11.4 Å². The minimum atomic E-state index is -1.65. The molecule has 1 atom stereocenters. The standard InChI is InChI=1S/C30H24N6O6S2/c1-18-8-13-24(19(2)14-18)32-28-26(35(38)39)15-21(16-27(28)36(40)41)29(37)31-22-9-11-23(12-10-22)44(42)34-30-33-25(17-43-30)20-6-4-3-5-7-20/h3-17,32H,1-2H3,(H,31,37)(H,33,34). The highest BCUT2D eigenvalue weighted by atomic mass is 32.2. The second kappa shape index (κ2) is 12.8. The molecule has 1 amide bonds. The fourth-order valence-electron chi connectivity index (χ4n) is 4.31. The van der Waals surface area contributed by atoms with E-state index in [1.54, 1.807) is 19.1 Å². The Labute approximate surface area is 257 Å². The Morgan fingerprint density at radius 3 is 2.16 bits per heavy atom. The molecule has 0 aliphatic carbocycles. The van der Waals surface area contributed by atoms with Gasteiger partial charge in [0.1, 0.15) is 0 Å². The molecular weight excluding hydrogens is 605 g/mol. The highest BCUT2D eigenvalue weighted by Gasteiger charge is 2.29. The van der Waals surface area contributed by atoms with Gasteiger partial charge in [0.15, 0.2) is 21.8 Å². The SMILES string of the molecule is Cc1ccc(Nc2c([N+](=O)[O-])cc(C(=O)Nc3ccc(S(=O)Nc4nc(-c5ccccc5)cs4)cc3)cc2[N+](=O)[O-])c(C)c1. The monoisotopic (exact) mass is 628 g/mol. The molecule has 0 radical (unpaired) electrons.